The highest BCUT2D eigenvalue weighted by Crippen LogP contribution is 2.38. The highest BCUT2D eigenvalue weighted by Gasteiger charge is 2.36. The van der Waals surface area contributed by atoms with E-state index in [9.17, 15) is 54.0 Å². The van der Waals surface area contributed by atoms with Gasteiger partial charge in [0.1, 0.15) is 47.8 Å². The zero-order valence-electron chi connectivity index (χ0n) is 38.3. The molecule has 0 spiro atoms. The molecule has 0 saturated heterocycles. The van der Waals surface area contributed by atoms with Crippen LogP contribution < -0.4 is 21.3 Å². The summed E-state index contributed by atoms with van der Waals surface area (Å²) < 4.78 is 0. The number of phenolic OH excluding ortho intramolecular Hbond substituents is 2. The molecule has 6 atom stereocenters. The Balaban J connectivity index is 1.64. The zero-order chi connectivity index (χ0) is 47.5. The van der Waals surface area contributed by atoms with E-state index in [1.807, 2.05) is 0 Å². The number of fused-ring (bicyclic) bond motifs is 5. The van der Waals surface area contributed by atoms with E-state index in [1.54, 1.807) is 0 Å². The number of phenols is 2. The van der Waals surface area contributed by atoms with Gasteiger partial charge in [0.05, 0.1) is 6.61 Å². The summed E-state index contributed by atoms with van der Waals surface area (Å²) in [5.74, 6) is -6.24. The number of aliphatic hydroxyl groups excluding tert-OH is 1. The molecule has 1 aliphatic rings. The number of carboxylic acid groups (broad SMARTS) is 1. The number of amides is 6. The number of nitrogens with one attached hydrogen (secondary N) is 4. The maximum atomic E-state index is 14.0. The molecular formula is C47H70N6O11. The number of aromatic hydroxyl groups is 2. The van der Waals surface area contributed by atoms with Gasteiger partial charge in [-0.05, 0) is 62.6 Å². The van der Waals surface area contributed by atoms with Crippen molar-refractivity contribution in [1.82, 2.24) is 31.1 Å². The van der Waals surface area contributed by atoms with Gasteiger partial charge in [-0.3, -0.25) is 28.8 Å². The quantitative estimate of drug-likeness (QED) is 0.0734. The highest BCUT2D eigenvalue weighted by molar-refractivity contribution is 5.97. The van der Waals surface area contributed by atoms with E-state index in [-0.39, 0.29) is 46.9 Å². The second kappa shape index (κ2) is 26.2. The molecule has 0 saturated carbocycles. The predicted molar refractivity (Wildman–Crippen MR) is 241 cm³/mol. The number of carbonyl (C=O) groups excluding carboxylic acids is 6. The minimum Gasteiger partial charge on any atom is -0.507 e. The first-order chi connectivity index (χ1) is 30.4. The van der Waals surface area contributed by atoms with Gasteiger partial charge < -0.3 is 51.5 Å². The Labute approximate surface area is 376 Å². The smallest absolute Gasteiger partial charge is 0.326 e. The summed E-state index contributed by atoms with van der Waals surface area (Å²) in [6, 6.07) is 0.315. The first kappa shape index (κ1) is 52.6. The molecule has 6 amide bonds. The molecule has 4 bridgehead atoms. The van der Waals surface area contributed by atoms with Crippen molar-refractivity contribution in [1.29, 1.82) is 0 Å². The molecule has 17 nitrogen and oxygen atoms in total. The summed E-state index contributed by atoms with van der Waals surface area (Å²) in [6.07, 6.45) is 15.1. The second-order valence-corrected chi connectivity index (χ2v) is 17.0. The lowest BCUT2D eigenvalue weighted by molar-refractivity contribution is -0.144. The van der Waals surface area contributed by atoms with Crippen LogP contribution in [-0.2, 0) is 40.0 Å². The number of hydrogen-bond donors (Lipinski definition) is 8. The summed E-state index contributed by atoms with van der Waals surface area (Å²) in [7, 11) is 2.71. The van der Waals surface area contributed by atoms with Crippen LogP contribution in [0.2, 0.25) is 0 Å². The molecule has 64 heavy (non-hydrogen) atoms. The molecule has 17 heteroatoms. The lowest BCUT2D eigenvalue weighted by Gasteiger charge is -2.32. The Morgan fingerprint density at radius 2 is 1.27 bits per heavy atom. The third kappa shape index (κ3) is 15.5. The van der Waals surface area contributed by atoms with Crippen LogP contribution in [-0.4, -0.2) is 123 Å². The average molecular weight is 895 g/mol. The lowest BCUT2D eigenvalue weighted by Crippen LogP contribution is -2.57. The van der Waals surface area contributed by atoms with Crippen LogP contribution in [0.1, 0.15) is 135 Å². The van der Waals surface area contributed by atoms with Gasteiger partial charge in [0.25, 0.3) is 0 Å². The number of carboxylic acids is 1. The number of rotatable bonds is 23. The van der Waals surface area contributed by atoms with E-state index >= 15 is 0 Å². The molecule has 2 aromatic carbocycles. The number of aliphatic hydroxyl groups is 1. The number of benzene rings is 2. The standard InChI is InChI=1S/C47H70N6O11/c1-7-8-9-10-11-12-13-14-15-16-17-18-19-20-40(57)52(5)37(28-54)44(60)48-29(2)42(58)50-31(4)46(62)53(6)41-33-22-24-39(56)35(27-33)34-25-32(21-23-38(34)55)26-36(47(63)64)51-43(59)30(3)49-45(41)61/h21-25,27,29-31,36-37,41,54-56H,7-20,26,28H2,1-6H3,(H,48,60)(H,49,61)(H,50,58)(H,51,59)(H,63,64)/t29-,30+,31-,36+,37-,41+/m1/s1. The molecule has 3 rings (SSSR count). The summed E-state index contributed by atoms with van der Waals surface area (Å²) in [5.41, 5.74) is 0.721. The van der Waals surface area contributed by atoms with Gasteiger partial charge >= 0.3 is 5.97 Å². The number of likely N-dealkylation sites (N-methyl/N-ethyl adjacent to an activating group) is 2. The Hall–Kier alpha value is -5.71. The van der Waals surface area contributed by atoms with E-state index in [0.29, 0.717) is 12.0 Å². The fourth-order valence-electron chi connectivity index (χ4n) is 7.74. The Morgan fingerprint density at radius 1 is 0.734 bits per heavy atom. The van der Waals surface area contributed by atoms with Crippen LogP contribution >= 0.6 is 0 Å². The van der Waals surface area contributed by atoms with Gasteiger partial charge in [0.2, 0.25) is 35.4 Å². The van der Waals surface area contributed by atoms with Crippen molar-refractivity contribution in [2.45, 2.75) is 160 Å². The Morgan fingerprint density at radius 3 is 1.83 bits per heavy atom. The Kier molecular flexibility index (Phi) is 21.5. The number of nitrogens with zero attached hydrogens (tertiary/aromatic N) is 2. The van der Waals surface area contributed by atoms with Gasteiger partial charge in [-0.1, -0.05) is 96.1 Å². The van der Waals surface area contributed by atoms with Gasteiger partial charge in [0.15, 0.2) is 0 Å². The van der Waals surface area contributed by atoms with Gasteiger partial charge in [0, 0.05) is 38.1 Å². The molecule has 0 aliphatic carbocycles. The summed E-state index contributed by atoms with van der Waals surface area (Å²) in [4.78, 5) is 94.9. The van der Waals surface area contributed by atoms with Crippen molar-refractivity contribution in [3.8, 4) is 22.6 Å². The van der Waals surface area contributed by atoms with Crippen LogP contribution in [0.4, 0.5) is 0 Å². The number of carbonyl (C=O) groups is 7. The van der Waals surface area contributed by atoms with Crippen LogP contribution in [0, 0.1) is 0 Å². The normalized spacial score (nSPS) is 17.7. The van der Waals surface area contributed by atoms with E-state index in [0.717, 1.165) is 24.2 Å². The van der Waals surface area contributed by atoms with Crippen LogP contribution in [0.15, 0.2) is 36.4 Å². The van der Waals surface area contributed by atoms with Crippen molar-refractivity contribution in [2.75, 3.05) is 20.7 Å². The minimum absolute atomic E-state index is 0.0653. The lowest BCUT2D eigenvalue weighted by atomic mass is 9.93. The van der Waals surface area contributed by atoms with Crippen molar-refractivity contribution in [3.05, 3.63) is 47.5 Å². The van der Waals surface area contributed by atoms with Crippen molar-refractivity contribution >= 4 is 41.4 Å². The molecule has 8 N–H and O–H groups in total. The van der Waals surface area contributed by atoms with Crippen LogP contribution in [0.5, 0.6) is 11.5 Å². The highest BCUT2D eigenvalue weighted by atomic mass is 16.4. The molecule has 0 fully saturated rings. The zero-order valence-corrected chi connectivity index (χ0v) is 38.3. The predicted octanol–water partition coefficient (Wildman–Crippen LogP) is 4.20. The fourth-order valence-corrected chi connectivity index (χ4v) is 7.74. The fraction of sp³-hybridized carbons (Fsp3) is 0.596. The molecular weight excluding hydrogens is 825 g/mol. The maximum Gasteiger partial charge on any atom is 0.326 e. The van der Waals surface area contributed by atoms with Gasteiger partial charge in [-0.25, -0.2) is 4.79 Å². The third-order valence-electron chi connectivity index (χ3n) is 11.8. The average Bonchev–Trinajstić information content (AvgIpc) is 3.25. The molecule has 1 heterocycles. The Bertz CT molecular complexity index is 1920. The van der Waals surface area contributed by atoms with Crippen molar-refractivity contribution in [3.63, 3.8) is 0 Å². The minimum atomic E-state index is -1.49. The first-order valence-electron chi connectivity index (χ1n) is 22.6. The van der Waals surface area contributed by atoms with Crippen molar-refractivity contribution < 1.29 is 54.0 Å². The summed E-state index contributed by atoms with van der Waals surface area (Å²) >= 11 is 0. The largest absolute Gasteiger partial charge is 0.507 e. The molecule has 0 unspecified atom stereocenters. The monoisotopic (exact) mass is 895 g/mol. The van der Waals surface area contributed by atoms with E-state index in [1.165, 1.54) is 134 Å². The number of unbranched alkanes of at least 4 members (excludes halogenated alkanes) is 12. The molecule has 2 aromatic rings. The van der Waals surface area contributed by atoms with Gasteiger partial charge in [-0.2, -0.15) is 0 Å². The second-order valence-electron chi connectivity index (χ2n) is 17.0. The van der Waals surface area contributed by atoms with E-state index in [2.05, 4.69) is 28.2 Å². The molecule has 0 aromatic heterocycles. The molecule has 1 aliphatic heterocycles. The van der Waals surface area contributed by atoms with E-state index in [4.69, 9.17) is 0 Å². The van der Waals surface area contributed by atoms with Crippen LogP contribution in [0.3, 0.4) is 0 Å². The number of aliphatic carboxylic acids is 1. The van der Waals surface area contributed by atoms with Crippen molar-refractivity contribution in [2.24, 2.45) is 0 Å². The molecule has 354 valence electrons. The van der Waals surface area contributed by atoms with Gasteiger partial charge in [-0.15, -0.1) is 0 Å². The number of hydrogen-bond acceptors (Lipinski definition) is 10. The summed E-state index contributed by atoms with van der Waals surface area (Å²) in [5, 5.41) is 51.6. The van der Waals surface area contributed by atoms with Crippen LogP contribution in [0.25, 0.3) is 11.1 Å². The SMILES string of the molecule is CCCCCCCCCCCCCCCC(=O)N(C)[C@H](CO)C(=O)N[C@H](C)C(=O)N[C@H](C)C(=O)N(C)[C@@H]1C(=O)N[C@@H](C)C(=O)N[C@H](C(=O)O)Cc2ccc(O)c(c2)-c2cc1ccc2O. The topological polar surface area (TPSA) is 255 Å². The first-order valence-corrected chi connectivity index (χ1v) is 22.6. The summed E-state index contributed by atoms with van der Waals surface area (Å²) in [6.45, 7) is 5.60. The molecule has 0 radical (unpaired) electrons. The maximum absolute atomic E-state index is 14.0. The van der Waals surface area contributed by atoms with E-state index < -0.39 is 78.4 Å². The third-order valence-corrected chi connectivity index (χ3v) is 11.8.